The summed E-state index contributed by atoms with van der Waals surface area (Å²) in [6, 6.07) is 12.6. The lowest BCUT2D eigenvalue weighted by molar-refractivity contribution is -0.114. The number of para-hydroxylation sites is 1. The minimum atomic E-state index is -0.0721. The molecule has 174 valence electrons. The molecule has 2 fully saturated rings. The molecule has 9 nitrogen and oxygen atoms in total. The molecule has 0 spiro atoms. The molecular weight excluding hydrogens is 448 g/mol. The van der Waals surface area contributed by atoms with Gasteiger partial charge in [0.2, 0.25) is 11.7 Å². The predicted molar refractivity (Wildman–Crippen MR) is 133 cm³/mol. The van der Waals surface area contributed by atoms with Crippen LogP contribution in [-0.2, 0) is 11.3 Å². The van der Waals surface area contributed by atoms with Crippen molar-refractivity contribution < 1.29 is 4.79 Å². The topological polar surface area (TPSA) is 103 Å². The molecule has 0 bridgehead atoms. The van der Waals surface area contributed by atoms with Gasteiger partial charge >= 0.3 is 0 Å². The minimum Gasteiger partial charge on any atom is -0.368 e. The van der Waals surface area contributed by atoms with Gasteiger partial charge in [-0.3, -0.25) is 9.69 Å². The van der Waals surface area contributed by atoms with Crippen molar-refractivity contribution >= 4 is 38.8 Å². The number of hydrogen-bond donors (Lipinski definition) is 2. The fraction of sp³-hybridized carbons (Fsp3) is 0.375. The van der Waals surface area contributed by atoms with Gasteiger partial charge in [0.25, 0.3) is 0 Å². The lowest BCUT2D eigenvalue weighted by Gasteiger charge is -2.37. The number of hydrogen-bond acceptors (Lipinski definition) is 8. The first-order valence-electron chi connectivity index (χ1n) is 11.6. The number of carbonyl (C=O) groups is 1. The maximum absolute atomic E-state index is 11.9. The summed E-state index contributed by atoms with van der Waals surface area (Å²) >= 11 is 1.78. The number of aromatic nitrogens is 5. The molecule has 1 saturated carbocycles. The second-order valence-corrected chi connectivity index (χ2v) is 10.1. The Morgan fingerprint density at radius 1 is 1.18 bits per heavy atom. The van der Waals surface area contributed by atoms with E-state index < -0.39 is 0 Å². The molecule has 10 heteroatoms. The number of anilines is 2. The molecule has 3 heterocycles. The van der Waals surface area contributed by atoms with E-state index in [4.69, 9.17) is 4.98 Å². The quantitative estimate of drug-likeness (QED) is 0.440. The minimum absolute atomic E-state index is 0.0721. The van der Waals surface area contributed by atoms with Crippen LogP contribution >= 0.6 is 11.3 Å². The Kier molecular flexibility index (Phi) is 5.46. The third-order valence-electron chi connectivity index (χ3n) is 6.49. The third-order valence-corrected chi connectivity index (χ3v) is 7.51. The van der Waals surface area contributed by atoms with Crippen LogP contribution in [-0.4, -0.2) is 62.6 Å². The van der Waals surface area contributed by atoms with Gasteiger partial charge < -0.3 is 10.2 Å². The fourth-order valence-corrected chi connectivity index (χ4v) is 5.69. The monoisotopic (exact) mass is 474 g/mol. The maximum Gasteiger partial charge on any atom is 0.221 e. The van der Waals surface area contributed by atoms with E-state index in [1.807, 2.05) is 12.1 Å². The van der Waals surface area contributed by atoms with Gasteiger partial charge in [-0.2, -0.15) is 5.21 Å². The highest BCUT2D eigenvalue weighted by molar-refractivity contribution is 7.18. The lowest BCUT2D eigenvalue weighted by atomic mass is 10.0. The van der Waals surface area contributed by atoms with Gasteiger partial charge in [-0.25, -0.2) is 4.98 Å². The summed E-state index contributed by atoms with van der Waals surface area (Å²) in [6.45, 7) is 6.13. The van der Waals surface area contributed by atoms with Gasteiger partial charge in [-0.05, 0) is 53.8 Å². The number of carbonyl (C=O) groups excluding carboxylic acids is 1. The Balaban J connectivity index is 1.24. The van der Waals surface area contributed by atoms with E-state index >= 15 is 0 Å². The smallest absolute Gasteiger partial charge is 0.221 e. The number of thiazole rings is 1. The first-order valence-corrected chi connectivity index (χ1v) is 12.5. The van der Waals surface area contributed by atoms with Crippen LogP contribution in [0.3, 0.4) is 0 Å². The highest BCUT2D eigenvalue weighted by Crippen LogP contribution is 2.47. The number of benzene rings is 2. The van der Waals surface area contributed by atoms with Crippen LogP contribution in [0, 0.1) is 0 Å². The van der Waals surface area contributed by atoms with Crippen molar-refractivity contribution in [2.24, 2.45) is 0 Å². The van der Waals surface area contributed by atoms with E-state index in [1.54, 1.807) is 18.3 Å². The van der Waals surface area contributed by atoms with E-state index in [0.29, 0.717) is 11.7 Å². The molecule has 1 saturated heterocycles. The highest BCUT2D eigenvalue weighted by Gasteiger charge is 2.30. The fourth-order valence-electron chi connectivity index (χ4n) is 4.68. The first-order chi connectivity index (χ1) is 16.6. The van der Waals surface area contributed by atoms with Crippen molar-refractivity contribution in [3.63, 3.8) is 0 Å². The van der Waals surface area contributed by atoms with Crippen molar-refractivity contribution in [2.75, 3.05) is 36.4 Å². The van der Waals surface area contributed by atoms with E-state index in [9.17, 15) is 4.79 Å². The average Bonchev–Trinajstić information content (AvgIpc) is 3.36. The van der Waals surface area contributed by atoms with Crippen molar-refractivity contribution in [1.29, 1.82) is 0 Å². The Hall–Kier alpha value is -3.37. The molecule has 4 aromatic rings. The first kappa shape index (κ1) is 21.2. The summed E-state index contributed by atoms with van der Waals surface area (Å²) in [7, 11) is 0. The number of nitrogens with zero attached hydrogens (tertiary/aromatic N) is 6. The van der Waals surface area contributed by atoms with Gasteiger partial charge in [-0.1, -0.05) is 12.1 Å². The van der Waals surface area contributed by atoms with E-state index in [-0.39, 0.29) is 5.91 Å². The standard InChI is InChI=1S/C24H26N8OS/c1-15(33)25-20-12-18(24-27-29-30-28-24)21(13-17(20)16-6-7-16)32-10-8-31(9-11-32)14-23-26-19-4-2-3-5-22(19)34-23/h2-5,12-13,16H,6-11,14H2,1H3,(H,25,33)(H,27,28,29,30). The van der Waals surface area contributed by atoms with Gasteiger partial charge in [-0.15, -0.1) is 21.5 Å². The number of H-pyrrole nitrogens is 1. The summed E-state index contributed by atoms with van der Waals surface area (Å²) in [5.74, 6) is 0.971. The molecule has 2 aliphatic rings. The van der Waals surface area contributed by atoms with Crippen molar-refractivity contribution in [2.45, 2.75) is 32.2 Å². The normalized spacial score (nSPS) is 16.8. The number of tetrazole rings is 1. The number of fused-ring (bicyclic) bond motifs is 1. The number of piperazine rings is 1. The summed E-state index contributed by atoms with van der Waals surface area (Å²) in [5.41, 5.74) is 5.14. The molecule has 1 amide bonds. The second-order valence-electron chi connectivity index (χ2n) is 8.99. The molecule has 34 heavy (non-hydrogen) atoms. The van der Waals surface area contributed by atoms with Crippen LogP contribution in [0.15, 0.2) is 36.4 Å². The molecule has 2 aromatic heterocycles. The Labute approximate surface area is 201 Å². The Bertz CT molecular complexity index is 1290. The zero-order valence-corrected chi connectivity index (χ0v) is 19.8. The highest BCUT2D eigenvalue weighted by atomic mass is 32.1. The van der Waals surface area contributed by atoms with Gasteiger partial charge in [0.05, 0.1) is 16.8 Å². The zero-order valence-electron chi connectivity index (χ0n) is 19.0. The van der Waals surface area contributed by atoms with E-state index in [0.717, 1.165) is 73.0 Å². The van der Waals surface area contributed by atoms with Gasteiger partial charge in [0, 0.05) is 50.0 Å². The van der Waals surface area contributed by atoms with Crippen molar-refractivity contribution in [1.82, 2.24) is 30.5 Å². The molecule has 2 N–H and O–H groups in total. The van der Waals surface area contributed by atoms with Crippen LogP contribution in [0.2, 0.25) is 0 Å². The van der Waals surface area contributed by atoms with Crippen molar-refractivity contribution in [3.05, 3.63) is 47.0 Å². The molecule has 0 radical (unpaired) electrons. The van der Waals surface area contributed by atoms with E-state index in [2.05, 4.69) is 60.0 Å². The van der Waals surface area contributed by atoms with Gasteiger partial charge in [0.15, 0.2) is 0 Å². The third kappa shape index (κ3) is 4.26. The predicted octanol–water partition coefficient (Wildman–Crippen LogP) is 3.63. The molecule has 6 rings (SSSR count). The van der Waals surface area contributed by atoms with Crippen LogP contribution in [0.4, 0.5) is 11.4 Å². The van der Waals surface area contributed by atoms with Crippen LogP contribution in [0.5, 0.6) is 0 Å². The summed E-state index contributed by atoms with van der Waals surface area (Å²) in [4.78, 5) is 21.5. The zero-order chi connectivity index (χ0) is 23.1. The SMILES string of the molecule is CC(=O)Nc1cc(-c2nn[nH]n2)c(N2CCN(Cc3nc4ccccc4s3)CC2)cc1C1CC1. The molecule has 0 atom stereocenters. The molecular formula is C24H26N8OS. The lowest BCUT2D eigenvalue weighted by Crippen LogP contribution is -2.46. The number of rotatable bonds is 6. The molecule has 0 unspecified atom stereocenters. The Morgan fingerprint density at radius 3 is 2.71 bits per heavy atom. The van der Waals surface area contributed by atoms with Crippen LogP contribution in [0.25, 0.3) is 21.6 Å². The molecule has 1 aliphatic carbocycles. The molecule has 2 aromatic carbocycles. The number of amides is 1. The number of nitrogens with one attached hydrogen (secondary N) is 2. The van der Waals surface area contributed by atoms with Crippen molar-refractivity contribution in [3.8, 4) is 11.4 Å². The van der Waals surface area contributed by atoms with Crippen LogP contribution < -0.4 is 10.2 Å². The average molecular weight is 475 g/mol. The maximum atomic E-state index is 11.9. The summed E-state index contributed by atoms with van der Waals surface area (Å²) in [6.07, 6.45) is 2.31. The second kappa shape index (κ2) is 8.77. The van der Waals surface area contributed by atoms with E-state index in [1.165, 1.54) is 10.3 Å². The summed E-state index contributed by atoms with van der Waals surface area (Å²) < 4.78 is 1.24. The molecule has 1 aliphatic heterocycles. The Morgan fingerprint density at radius 2 is 2.00 bits per heavy atom. The van der Waals surface area contributed by atoms with Gasteiger partial charge in [0.1, 0.15) is 5.01 Å². The van der Waals surface area contributed by atoms with Crippen LogP contribution in [0.1, 0.15) is 36.3 Å². The number of aromatic amines is 1. The largest absolute Gasteiger partial charge is 0.368 e. The summed E-state index contributed by atoms with van der Waals surface area (Å²) in [5, 5.41) is 19.0.